The first-order valence-corrected chi connectivity index (χ1v) is 6.91. The number of carbonyl (C=O) groups is 1. The normalized spacial score (nSPS) is 9.70. The molecule has 0 fully saturated rings. The summed E-state index contributed by atoms with van der Waals surface area (Å²) in [5, 5.41) is 5.68. The topological polar surface area (TPSA) is 80.9 Å². The van der Waals surface area contributed by atoms with Crippen molar-refractivity contribution in [3.8, 4) is 11.8 Å². The zero-order chi connectivity index (χ0) is 14.4. The van der Waals surface area contributed by atoms with Crippen molar-refractivity contribution in [3.05, 3.63) is 45.7 Å². The lowest BCUT2D eigenvalue weighted by molar-refractivity contribution is 0.0945. The lowest BCUT2D eigenvalue weighted by atomic mass is 10.2. The van der Waals surface area contributed by atoms with Crippen molar-refractivity contribution in [3.63, 3.8) is 0 Å². The summed E-state index contributed by atoms with van der Waals surface area (Å²) in [7, 11) is 0. The Morgan fingerprint density at radius 1 is 1.50 bits per heavy atom. The SMILES string of the molecule is Cc1nc(CNC(=O)c2ccc(C#CCN)cn2)cs1. The summed E-state index contributed by atoms with van der Waals surface area (Å²) >= 11 is 1.56. The Labute approximate surface area is 121 Å². The second kappa shape index (κ2) is 6.80. The molecule has 6 heteroatoms. The lowest BCUT2D eigenvalue weighted by Crippen LogP contribution is -2.23. The average molecular weight is 286 g/mol. The van der Waals surface area contributed by atoms with Crippen LogP contribution in [0.5, 0.6) is 0 Å². The highest BCUT2D eigenvalue weighted by molar-refractivity contribution is 7.09. The number of aromatic nitrogens is 2. The van der Waals surface area contributed by atoms with E-state index in [2.05, 4.69) is 27.1 Å². The Morgan fingerprint density at radius 3 is 2.95 bits per heavy atom. The summed E-state index contributed by atoms with van der Waals surface area (Å²) < 4.78 is 0. The molecule has 2 rings (SSSR count). The van der Waals surface area contributed by atoms with Crippen molar-refractivity contribution in [2.75, 3.05) is 6.54 Å². The van der Waals surface area contributed by atoms with Crippen molar-refractivity contribution in [1.29, 1.82) is 0 Å². The predicted molar refractivity (Wildman–Crippen MR) is 78.2 cm³/mol. The minimum atomic E-state index is -0.228. The summed E-state index contributed by atoms with van der Waals surface area (Å²) in [6.07, 6.45) is 1.56. The lowest BCUT2D eigenvalue weighted by Gasteiger charge is -2.02. The van der Waals surface area contributed by atoms with Gasteiger partial charge < -0.3 is 11.1 Å². The van der Waals surface area contributed by atoms with E-state index in [-0.39, 0.29) is 5.91 Å². The first-order chi connectivity index (χ1) is 9.69. The van der Waals surface area contributed by atoms with Crippen LogP contribution in [-0.2, 0) is 6.54 Å². The van der Waals surface area contributed by atoms with Gasteiger partial charge in [-0.1, -0.05) is 11.8 Å². The number of nitrogens with two attached hydrogens (primary N) is 1. The molecular formula is C14H14N4OS. The van der Waals surface area contributed by atoms with E-state index in [1.807, 2.05) is 12.3 Å². The van der Waals surface area contributed by atoms with Crippen LogP contribution in [0, 0.1) is 18.8 Å². The summed E-state index contributed by atoms with van der Waals surface area (Å²) in [5.74, 6) is 5.36. The molecule has 2 heterocycles. The zero-order valence-electron chi connectivity index (χ0n) is 11.0. The Hall–Kier alpha value is -2.23. The molecule has 2 aromatic heterocycles. The van der Waals surface area contributed by atoms with Gasteiger partial charge in [0.2, 0.25) is 0 Å². The van der Waals surface area contributed by atoms with Crippen LogP contribution in [0.4, 0.5) is 0 Å². The Kier molecular flexibility index (Phi) is 4.82. The second-order valence-corrected chi connectivity index (χ2v) is 5.04. The van der Waals surface area contributed by atoms with E-state index in [0.717, 1.165) is 16.3 Å². The fraction of sp³-hybridized carbons (Fsp3) is 0.214. The molecule has 20 heavy (non-hydrogen) atoms. The van der Waals surface area contributed by atoms with E-state index < -0.39 is 0 Å². The standard InChI is InChI=1S/C14H14N4OS/c1-10-18-12(9-20-10)8-17-14(19)13-5-4-11(7-16-13)3-2-6-15/h4-5,7,9H,6,8,15H2,1H3,(H,17,19). The predicted octanol–water partition coefficient (Wildman–Crippen LogP) is 1.09. The molecule has 0 spiro atoms. The average Bonchev–Trinajstić information content (AvgIpc) is 2.89. The van der Waals surface area contributed by atoms with Crippen molar-refractivity contribution >= 4 is 17.2 Å². The Balaban J connectivity index is 1.95. The number of thiazole rings is 1. The van der Waals surface area contributed by atoms with Crippen LogP contribution >= 0.6 is 11.3 Å². The first kappa shape index (κ1) is 14.2. The number of nitrogens with one attached hydrogen (secondary N) is 1. The summed E-state index contributed by atoms with van der Waals surface area (Å²) in [6.45, 7) is 2.63. The maximum atomic E-state index is 11.9. The van der Waals surface area contributed by atoms with Crippen molar-refractivity contribution in [1.82, 2.24) is 15.3 Å². The smallest absolute Gasteiger partial charge is 0.270 e. The minimum absolute atomic E-state index is 0.228. The quantitative estimate of drug-likeness (QED) is 0.828. The van der Waals surface area contributed by atoms with Crippen LogP contribution < -0.4 is 11.1 Å². The molecule has 0 aliphatic carbocycles. The van der Waals surface area contributed by atoms with Gasteiger partial charge in [-0.05, 0) is 19.1 Å². The third kappa shape index (κ3) is 3.88. The minimum Gasteiger partial charge on any atom is -0.345 e. The number of hydrogen-bond acceptors (Lipinski definition) is 5. The number of aryl methyl sites for hydroxylation is 1. The van der Waals surface area contributed by atoms with Gasteiger partial charge in [0.25, 0.3) is 5.91 Å². The highest BCUT2D eigenvalue weighted by Crippen LogP contribution is 2.07. The first-order valence-electron chi connectivity index (χ1n) is 6.03. The van der Waals surface area contributed by atoms with Gasteiger partial charge in [-0.15, -0.1) is 11.3 Å². The molecule has 0 aliphatic heterocycles. The Morgan fingerprint density at radius 2 is 2.35 bits per heavy atom. The molecular weight excluding hydrogens is 272 g/mol. The van der Waals surface area contributed by atoms with Gasteiger partial charge in [0.05, 0.1) is 23.8 Å². The van der Waals surface area contributed by atoms with Crippen LogP contribution in [0.3, 0.4) is 0 Å². The molecule has 0 saturated heterocycles. The van der Waals surface area contributed by atoms with Gasteiger partial charge in [-0.25, -0.2) is 9.97 Å². The molecule has 0 saturated carbocycles. The van der Waals surface area contributed by atoms with Crippen molar-refractivity contribution in [2.45, 2.75) is 13.5 Å². The Bertz CT molecular complexity index is 652. The number of amides is 1. The molecule has 5 nitrogen and oxygen atoms in total. The molecule has 0 unspecified atom stereocenters. The zero-order valence-corrected chi connectivity index (χ0v) is 11.8. The van der Waals surface area contributed by atoms with Gasteiger partial charge in [-0.2, -0.15) is 0 Å². The highest BCUT2D eigenvalue weighted by Gasteiger charge is 2.07. The largest absolute Gasteiger partial charge is 0.345 e. The number of hydrogen-bond donors (Lipinski definition) is 2. The summed E-state index contributed by atoms with van der Waals surface area (Å²) in [6, 6.07) is 3.39. The molecule has 0 aliphatic rings. The van der Waals surface area contributed by atoms with E-state index >= 15 is 0 Å². The van der Waals surface area contributed by atoms with E-state index in [4.69, 9.17) is 5.73 Å². The fourth-order valence-electron chi connectivity index (χ4n) is 1.51. The maximum Gasteiger partial charge on any atom is 0.270 e. The molecule has 2 aromatic rings. The van der Waals surface area contributed by atoms with Gasteiger partial charge in [0.15, 0.2) is 0 Å². The molecule has 0 bridgehead atoms. The maximum absolute atomic E-state index is 11.9. The van der Waals surface area contributed by atoms with Crippen molar-refractivity contribution in [2.24, 2.45) is 5.73 Å². The van der Waals surface area contributed by atoms with Crippen molar-refractivity contribution < 1.29 is 4.79 Å². The van der Waals surface area contributed by atoms with Crippen LogP contribution in [0.2, 0.25) is 0 Å². The highest BCUT2D eigenvalue weighted by atomic mass is 32.1. The molecule has 3 N–H and O–H groups in total. The second-order valence-electron chi connectivity index (χ2n) is 3.98. The van der Waals surface area contributed by atoms with E-state index in [9.17, 15) is 4.79 Å². The van der Waals surface area contributed by atoms with Crippen LogP contribution in [0.1, 0.15) is 26.8 Å². The number of rotatable bonds is 3. The summed E-state index contributed by atoms with van der Waals surface area (Å²) in [4.78, 5) is 20.2. The van der Waals surface area contributed by atoms with Crippen LogP contribution in [0.15, 0.2) is 23.7 Å². The van der Waals surface area contributed by atoms with Gasteiger partial charge >= 0.3 is 0 Å². The molecule has 0 atom stereocenters. The fourth-order valence-corrected chi connectivity index (χ4v) is 2.12. The molecule has 0 radical (unpaired) electrons. The van der Waals surface area contributed by atoms with E-state index in [0.29, 0.717) is 18.8 Å². The third-order valence-corrected chi connectivity index (χ3v) is 3.25. The monoisotopic (exact) mass is 286 g/mol. The molecule has 1 amide bonds. The van der Waals surface area contributed by atoms with Gasteiger partial charge in [0, 0.05) is 17.1 Å². The third-order valence-electron chi connectivity index (χ3n) is 2.43. The molecule has 0 aromatic carbocycles. The number of nitrogens with zero attached hydrogens (tertiary/aromatic N) is 2. The van der Waals surface area contributed by atoms with Crippen LogP contribution in [0.25, 0.3) is 0 Å². The van der Waals surface area contributed by atoms with Gasteiger partial charge in [-0.3, -0.25) is 4.79 Å². The number of carbonyl (C=O) groups excluding carboxylic acids is 1. The van der Waals surface area contributed by atoms with E-state index in [1.54, 1.807) is 29.7 Å². The van der Waals surface area contributed by atoms with Gasteiger partial charge in [0.1, 0.15) is 5.69 Å². The molecule has 102 valence electrons. The summed E-state index contributed by atoms with van der Waals surface area (Å²) in [5.41, 5.74) is 7.24. The van der Waals surface area contributed by atoms with E-state index in [1.165, 1.54) is 0 Å². The van der Waals surface area contributed by atoms with Crippen LogP contribution in [-0.4, -0.2) is 22.4 Å². The number of pyridine rings is 1.